The molecule has 0 radical (unpaired) electrons. The predicted octanol–water partition coefficient (Wildman–Crippen LogP) is 2.45. The van der Waals surface area contributed by atoms with Crippen molar-refractivity contribution in [3.05, 3.63) is 23.7 Å². The summed E-state index contributed by atoms with van der Waals surface area (Å²) in [7, 11) is 0. The number of piperidine rings is 1. The zero-order valence-corrected chi connectivity index (χ0v) is 13.5. The van der Waals surface area contributed by atoms with E-state index < -0.39 is 0 Å². The molecule has 2 aliphatic heterocycles. The Morgan fingerprint density at radius 1 is 1.33 bits per heavy atom. The Bertz CT molecular complexity index is 445. The lowest BCUT2D eigenvalue weighted by Gasteiger charge is -2.47. The van der Waals surface area contributed by atoms with Gasteiger partial charge in [0, 0.05) is 37.3 Å². The highest BCUT2D eigenvalue weighted by molar-refractivity contribution is 5.17. The van der Waals surface area contributed by atoms with Crippen molar-refractivity contribution in [3.8, 4) is 0 Å². The van der Waals surface area contributed by atoms with Gasteiger partial charge in [0.15, 0.2) is 0 Å². The minimum absolute atomic E-state index is 0.622. The van der Waals surface area contributed by atoms with Crippen LogP contribution in [0.2, 0.25) is 0 Å². The van der Waals surface area contributed by atoms with Crippen LogP contribution in [0.5, 0.6) is 0 Å². The van der Waals surface area contributed by atoms with Gasteiger partial charge in [0.25, 0.3) is 0 Å². The zero-order chi connectivity index (χ0) is 14.7. The van der Waals surface area contributed by atoms with Crippen molar-refractivity contribution in [1.82, 2.24) is 15.1 Å². The summed E-state index contributed by atoms with van der Waals surface area (Å²) in [6.07, 6.45) is 5.99. The van der Waals surface area contributed by atoms with E-state index in [2.05, 4.69) is 35.0 Å². The van der Waals surface area contributed by atoms with Gasteiger partial charge in [-0.1, -0.05) is 13.3 Å². The standard InChI is InChI=1S/C17H29N3O/c1-3-18-10-15-7-9-21-17(15)13-20-12-16-6-4-5-8-19(16)11-14(20)2/h7,9,14,16,18H,3-6,8,10-13H2,1-2H3. The van der Waals surface area contributed by atoms with Crippen LogP contribution in [0.4, 0.5) is 0 Å². The molecule has 0 aromatic carbocycles. The highest BCUT2D eigenvalue weighted by Crippen LogP contribution is 2.26. The highest BCUT2D eigenvalue weighted by atomic mass is 16.3. The second-order valence-corrected chi connectivity index (χ2v) is 6.57. The first-order chi connectivity index (χ1) is 10.3. The highest BCUT2D eigenvalue weighted by Gasteiger charge is 2.33. The average Bonchev–Trinajstić information content (AvgIpc) is 2.93. The van der Waals surface area contributed by atoms with E-state index in [1.165, 1.54) is 44.5 Å². The molecule has 3 rings (SSSR count). The van der Waals surface area contributed by atoms with Gasteiger partial charge in [0.05, 0.1) is 12.8 Å². The fraction of sp³-hybridized carbons (Fsp3) is 0.765. The third-order valence-electron chi connectivity index (χ3n) is 5.07. The van der Waals surface area contributed by atoms with Crippen molar-refractivity contribution in [2.45, 2.75) is 58.3 Å². The van der Waals surface area contributed by atoms with Gasteiger partial charge < -0.3 is 9.73 Å². The maximum absolute atomic E-state index is 5.75. The first-order valence-corrected chi connectivity index (χ1v) is 8.52. The smallest absolute Gasteiger partial charge is 0.122 e. The molecule has 21 heavy (non-hydrogen) atoms. The quantitative estimate of drug-likeness (QED) is 0.903. The molecule has 2 atom stereocenters. The van der Waals surface area contributed by atoms with Gasteiger partial charge in [0.1, 0.15) is 5.76 Å². The van der Waals surface area contributed by atoms with Gasteiger partial charge in [0.2, 0.25) is 0 Å². The number of nitrogens with one attached hydrogen (secondary N) is 1. The molecule has 2 saturated heterocycles. The predicted molar refractivity (Wildman–Crippen MR) is 85.2 cm³/mol. The number of piperazine rings is 1. The number of nitrogens with zero attached hydrogens (tertiary/aromatic N) is 2. The van der Waals surface area contributed by atoms with Crippen LogP contribution in [-0.4, -0.2) is 48.1 Å². The Balaban J connectivity index is 1.62. The van der Waals surface area contributed by atoms with Crippen molar-refractivity contribution in [3.63, 3.8) is 0 Å². The summed E-state index contributed by atoms with van der Waals surface area (Å²) in [4.78, 5) is 5.31. The molecule has 4 nitrogen and oxygen atoms in total. The van der Waals surface area contributed by atoms with Crippen LogP contribution in [0.3, 0.4) is 0 Å². The Morgan fingerprint density at radius 3 is 3.10 bits per heavy atom. The van der Waals surface area contributed by atoms with Crippen molar-refractivity contribution >= 4 is 0 Å². The third-order valence-corrected chi connectivity index (χ3v) is 5.07. The number of fused-ring (bicyclic) bond motifs is 1. The van der Waals surface area contributed by atoms with Gasteiger partial charge in [-0.2, -0.15) is 0 Å². The first-order valence-electron chi connectivity index (χ1n) is 8.52. The summed E-state index contributed by atoms with van der Waals surface area (Å²) < 4.78 is 5.75. The molecule has 1 aromatic rings. The molecule has 118 valence electrons. The van der Waals surface area contributed by atoms with E-state index in [0.717, 1.165) is 31.4 Å². The monoisotopic (exact) mass is 291 g/mol. The molecule has 0 aliphatic carbocycles. The molecule has 3 heterocycles. The summed E-state index contributed by atoms with van der Waals surface area (Å²) >= 11 is 0. The van der Waals surface area contributed by atoms with Crippen molar-refractivity contribution in [2.75, 3.05) is 26.2 Å². The molecule has 2 fully saturated rings. The molecule has 2 aliphatic rings. The normalized spacial score (nSPS) is 27.7. The fourth-order valence-electron chi connectivity index (χ4n) is 3.74. The van der Waals surface area contributed by atoms with E-state index in [4.69, 9.17) is 4.42 Å². The van der Waals surface area contributed by atoms with Crippen LogP contribution in [0.1, 0.15) is 44.4 Å². The van der Waals surface area contributed by atoms with Gasteiger partial charge in [-0.3, -0.25) is 9.80 Å². The molecule has 0 saturated carbocycles. The van der Waals surface area contributed by atoms with Gasteiger partial charge in [-0.15, -0.1) is 0 Å². The Hall–Kier alpha value is -0.840. The molecule has 0 amide bonds. The molecule has 4 heteroatoms. The number of rotatable bonds is 5. The van der Waals surface area contributed by atoms with E-state index in [1.807, 2.05) is 6.26 Å². The molecule has 0 spiro atoms. The zero-order valence-electron chi connectivity index (χ0n) is 13.5. The number of furan rings is 1. The summed E-state index contributed by atoms with van der Waals surface area (Å²) in [6, 6.07) is 3.50. The van der Waals surface area contributed by atoms with Crippen LogP contribution in [-0.2, 0) is 13.1 Å². The Labute approximate surface area is 128 Å². The summed E-state index contributed by atoms with van der Waals surface area (Å²) in [5.41, 5.74) is 1.31. The maximum atomic E-state index is 5.75. The molecule has 2 unspecified atom stereocenters. The second-order valence-electron chi connectivity index (χ2n) is 6.57. The van der Waals surface area contributed by atoms with Crippen LogP contribution in [0, 0.1) is 0 Å². The molecule has 1 aromatic heterocycles. The van der Waals surface area contributed by atoms with E-state index >= 15 is 0 Å². The van der Waals surface area contributed by atoms with Gasteiger partial charge >= 0.3 is 0 Å². The van der Waals surface area contributed by atoms with E-state index in [9.17, 15) is 0 Å². The minimum Gasteiger partial charge on any atom is -0.468 e. The van der Waals surface area contributed by atoms with Crippen molar-refractivity contribution < 1.29 is 4.42 Å². The van der Waals surface area contributed by atoms with E-state index in [0.29, 0.717) is 6.04 Å². The average molecular weight is 291 g/mol. The van der Waals surface area contributed by atoms with Crippen LogP contribution >= 0.6 is 0 Å². The lowest BCUT2D eigenvalue weighted by atomic mass is 9.97. The second kappa shape index (κ2) is 6.95. The maximum Gasteiger partial charge on any atom is 0.122 e. The fourth-order valence-corrected chi connectivity index (χ4v) is 3.74. The van der Waals surface area contributed by atoms with Crippen LogP contribution in [0.15, 0.2) is 16.7 Å². The van der Waals surface area contributed by atoms with Crippen LogP contribution < -0.4 is 5.32 Å². The lowest BCUT2D eigenvalue weighted by Crippen LogP contribution is -2.58. The van der Waals surface area contributed by atoms with Gasteiger partial charge in [-0.25, -0.2) is 0 Å². The number of hydrogen-bond acceptors (Lipinski definition) is 4. The Kier molecular flexibility index (Phi) is 4.99. The van der Waals surface area contributed by atoms with Crippen LogP contribution in [0.25, 0.3) is 0 Å². The third kappa shape index (κ3) is 3.50. The first kappa shape index (κ1) is 15.1. The van der Waals surface area contributed by atoms with E-state index in [1.54, 1.807) is 0 Å². The topological polar surface area (TPSA) is 31.7 Å². The largest absolute Gasteiger partial charge is 0.468 e. The summed E-state index contributed by atoms with van der Waals surface area (Å²) in [6.45, 7) is 11.1. The van der Waals surface area contributed by atoms with E-state index in [-0.39, 0.29) is 0 Å². The SMILES string of the molecule is CCNCc1ccoc1CN1CC2CCCCN2CC1C. The summed E-state index contributed by atoms with van der Waals surface area (Å²) in [5, 5.41) is 3.40. The van der Waals surface area contributed by atoms with Crippen molar-refractivity contribution in [1.29, 1.82) is 0 Å². The minimum atomic E-state index is 0.622. The van der Waals surface area contributed by atoms with Gasteiger partial charge in [-0.05, 0) is 38.9 Å². The molecular weight excluding hydrogens is 262 g/mol. The molecule has 1 N–H and O–H groups in total. The number of hydrogen-bond donors (Lipinski definition) is 1. The Morgan fingerprint density at radius 2 is 2.24 bits per heavy atom. The summed E-state index contributed by atoms with van der Waals surface area (Å²) in [5.74, 6) is 1.15. The molecular formula is C17H29N3O. The van der Waals surface area contributed by atoms with Crippen molar-refractivity contribution in [2.24, 2.45) is 0 Å². The molecule has 0 bridgehead atoms. The lowest BCUT2D eigenvalue weighted by molar-refractivity contribution is 0.00788.